The van der Waals surface area contributed by atoms with Crippen molar-refractivity contribution in [1.82, 2.24) is 15.1 Å². The van der Waals surface area contributed by atoms with E-state index in [4.69, 9.17) is 0 Å². The fourth-order valence-corrected chi connectivity index (χ4v) is 2.93. The zero-order chi connectivity index (χ0) is 10.9. The minimum atomic E-state index is 0.473. The smallest absolute Gasteiger partial charge is 0.0455 e. The maximum atomic E-state index is 3.43. The van der Waals surface area contributed by atoms with Gasteiger partial charge in [0.25, 0.3) is 0 Å². The molecule has 2 aliphatic heterocycles. The number of likely N-dealkylation sites (N-methyl/N-ethyl adjacent to an activating group) is 1. The molecular formula is C12H25N3. The van der Waals surface area contributed by atoms with Crippen LogP contribution < -0.4 is 5.32 Å². The summed E-state index contributed by atoms with van der Waals surface area (Å²) < 4.78 is 0. The summed E-state index contributed by atoms with van der Waals surface area (Å²) >= 11 is 0. The lowest BCUT2D eigenvalue weighted by Gasteiger charge is -2.53. The van der Waals surface area contributed by atoms with Crippen LogP contribution in [0.4, 0.5) is 0 Å². The molecular weight excluding hydrogens is 186 g/mol. The molecule has 0 aromatic carbocycles. The van der Waals surface area contributed by atoms with E-state index in [1.54, 1.807) is 0 Å². The Morgan fingerprint density at radius 3 is 2.33 bits per heavy atom. The topological polar surface area (TPSA) is 18.5 Å². The molecule has 2 heterocycles. The molecule has 1 N–H and O–H groups in total. The predicted molar refractivity (Wildman–Crippen MR) is 64.2 cm³/mol. The Bertz CT molecular complexity index is 199. The average Bonchev–Trinajstić information content (AvgIpc) is 2.18. The predicted octanol–water partition coefficient (Wildman–Crippen LogP) is 0.764. The highest BCUT2D eigenvalue weighted by molar-refractivity contribution is 5.02. The summed E-state index contributed by atoms with van der Waals surface area (Å²) in [4.78, 5) is 5.11. The van der Waals surface area contributed by atoms with Crippen LogP contribution >= 0.6 is 0 Å². The van der Waals surface area contributed by atoms with Gasteiger partial charge in [0.05, 0.1) is 0 Å². The molecule has 2 aliphatic rings. The summed E-state index contributed by atoms with van der Waals surface area (Å²) in [5.41, 5.74) is 0.473. The molecule has 0 aliphatic carbocycles. The summed E-state index contributed by atoms with van der Waals surface area (Å²) in [5.74, 6) is 0. The second-order valence-corrected chi connectivity index (χ2v) is 5.33. The number of piperidine rings is 1. The first-order chi connectivity index (χ1) is 7.18. The van der Waals surface area contributed by atoms with Gasteiger partial charge in [-0.05, 0) is 46.4 Å². The van der Waals surface area contributed by atoms with E-state index in [9.17, 15) is 0 Å². The van der Waals surface area contributed by atoms with Gasteiger partial charge >= 0.3 is 0 Å². The number of hydrogen-bond donors (Lipinski definition) is 1. The number of nitrogens with zero attached hydrogens (tertiary/aromatic N) is 2. The molecule has 0 spiro atoms. The number of nitrogens with one attached hydrogen (secondary N) is 1. The number of likely N-dealkylation sites (tertiary alicyclic amines) is 1. The lowest BCUT2D eigenvalue weighted by molar-refractivity contribution is 0.000463. The van der Waals surface area contributed by atoms with E-state index in [-0.39, 0.29) is 0 Å². The Balaban J connectivity index is 1.92. The minimum Gasteiger partial charge on any atom is -0.313 e. The van der Waals surface area contributed by atoms with Crippen molar-refractivity contribution in [3.63, 3.8) is 0 Å². The Morgan fingerprint density at radius 1 is 1.33 bits per heavy atom. The van der Waals surface area contributed by atoms with Gasteiger partial charge in [-0.3, -0.25) is 4.90 Å². The molecule has 0 bridgehead atoms. The van der Waals surface area contributed by atoms with Crippen LogP contribution in [0.2, 0.25) is 0 Å². The van der Waals surface area contributed by atoms with Crippen molar-refractivity contribution in [3.05, 3.63) is 0 Å². The molecule has 0 saturated carbocycles. The van der Waals surface area contributed by atoms with Crippen LogP contribution in [0.3, 0.4) is 0 Å². The first-order valence-electron chi connectivity index (χ1n) is 6.30. The summed E-state index contributed by atoms with van der Waals surface area (Å²) in [7, 11) is 4.57. The standard InChI is InChI=1S/C12H25N3/c1-4-12(9-13-10-12)15(3)11-5-7-14(2)8-6-11/h11,13H,4-10H2,1-3H3. The maximum absolute atomic E-state index is 3.43. The quantitative estimate of drug-likeness (QED) is 0.744. The number of rotatable bonds is 3. The first kappa shape index (κ1) is 11.4. The van der Waals surface area contributed by atoms with E-state index in [1.165, 1.54) is 45.4 Å². The van der Waals surface area contributed by atoms with Gasteiger partial charge < -0.3 is 10.2 Å². The van der Waals surface area contributed by atoms with Crippen molar-refractivity contribution < 1.29 is 0 Å². The second-order valence-electron chi connectivity index (χ2n) is 5.33. The van der Waals surface area contributed by atoms with Crippen molar-refractivity contribution in [2.75, 3.05) is 40.3 Å². The van der Waals surface area contributed by atoms with Gasteiger partial charge in [0, 0.05) is 24.7 Å². The molecule has 0 radical (unpaired) electrons. The fraction of sp³-hybridized carbons (Fsp3) is 1.00. The highest BCUT2D eigenvalue weighted by Gasteiger charge is 2.42. The Morgan fingerprint density at radius 2 is 1.93 bits per heavy atom. The van der Waals surface area contributed by atoms with E-state index < -0.39 is 0 Å². The van der Waals surface area contributed by atoms with Gasteiger partial charge in [0.1, 0.15) is 0 Å². The van der Waals surface area contributed by atoms with Crippen LogP contribution in [0.25, 0.3) is 0 Å². The molecule has 0 atom stereocenters. The molecule has 3 heteroatoms. The van der Waals surface area contributed by atoms with E-state index >= 15 is 0 Å². The third kappa shape index (κ3) is 2.05. The van der Waals surface area contributed by atoms with Gasteiger partial charge in [-0.25, -0.2) is 0 Å². The highest BCUT2D eigenvalue weighted by atomic mass is 15.3. The molecule has 88 valence electrons. The van der Waals surface area contributed by atoms with Crippen molar-refractivity contribution >= 4 is 0 Å². The molecule has 0 amide bonds. The zero-order valence-corrected chi connectivity index (χ0v) is 10.4. The highest BCUT2D eigenvalue weighted by Crippen LogP contribution is 2.28. The lowest BCUT2D eigenvalue weighted by Crippen LogP contribution is -2.70. The van der Waals surface area contributed by atoms with Gasteiger partial charge in [0.2, 0.25) is 0 Å². The summed E-state index contributed by atoms with van der Waals surface area (Å²) in [5, 5.41) is 3.43. The van der Waals surface area contributed by atoms with Gasteiger partial charge in [-0.15, -0.1) is 0 Å². The van der Waals surface area contributed by atoms with Crippen LogP contribution in [0.1, 0.15) is 26.2 Å². The first-order valence-corrected chi connectivity index (χ1v) is 6.30. The van der Waals surface area contributed by atoms with Crippen LogP contribution in [-0.4, -0.2) is 61.7 Å². The van der Waals surface area contributed by atoms with E-state index in [1.807, 2.05) is 0 Å². The molecule has 0 aromatic rings. The van der Waals surface area contributed by atoms with Crippen molar-refractivity contribution in [2.24, 2.45) is 0 Å². The van der Waals surface area contributed by atoms with E-state index in [0.717, 1.165) is 6.04 Å². The van der Waals surface area contributed by atoms with Crippen molar-refractivity contribution in [1.29, 1.82) is 0 Å². The van der Waals surface area contributed by atoms with Gasteiger partial charge in [-0.1, -0.05) is 6.92 Å². The number of hydrogen-bond acceptors (Lipinski definition) is 3. The van der Waals surface area contributed by atoms with E-state index in [0.29, 0.717) is 5.54 Å². The normalized spacial score (nSPS) is 28.0. The Hall–Kier alpha value is -0.120. The van der Waals surface area contributed by atoms with Crippen molar-refractivity contribution in [3.8, 4) is 0 Å². The molecule has 0 aromatic heterocycles. The summed E-state index contributed by atoms with van der Waals surface area (Å²) in [6, 6.07) is 0.809. The molecule has 15 heavy (non-hydrogen) atoms. The van der Waals surface area contributed by atoms with Crippen LogP contribution in [0.15, 0.2) is 0 Å². The van der Waals surface area contributed by atoms with Crippen LogP contribution in [-0.2, 0) is 0 Å². The fourth-order valence-electron chi connectivity index (χ4n) is 2.93. The maximum Gasteiger partial charge on any atom is 0.0455 e. The molecule has 2 fully saturated rings. The molecule has 3 nitrogen and oxygen atoms in total. The molecule has 2 saturated heterocycles. The Labute approximate surface area is 93.8 Å². The third-order valence-corrected chi connectivity index (χ3v) is 4.55. The van der Waals surface area contributed by atoms with Crippen LogP contribution in [0.5, 0.6) is 0 Å². The largest absolute Gasteiger partial charge is 0.313 e. The summed E-state index contributed by atoms with van der Waals surface area (Å²) in [6.45, 7) is 7.23. The third-order valence-electron chi connectivity index (χ3n) is 4.55. The SMILES string of the molecule is CCC1(N(C)C2CCN(C)CC2)CNC1. The van der Waals surface area contributed by atoms with Gasteiger partial charge in [-0.2, -0.15) is 0 Å². The summed E-state index contributed by atoms with van der Waals surface area (Å²) in [6.07, 6.45) is 3.96. The molecule has 2 rings (SSSR count). The lowest BCUT2D eigenvalue weighted by atomic mass is 9.85. The van der Waals surface area contributed by atoms with Crippen LogP contribution in [0, 0.1) is 0 Å². The molecule has 0 unspecified atom stereocenters. The average molecular weight is 211 g/mol. The zero-order valence-electron chi connectivity index (χ0n) is 10.4. The van der Waals surface area contributed by atoms with Gasteiger partial charge in [0.15, 0.2) is 0 Å². The second kappa shape index (κ2) is 4.40. The Kier molecular flexibility index (Phi) is 3.33. The van der Waals surface area contributed by atoms with E-state index in [2.05, 4.69) is 36.1 Å². The van der Waals surface area contributed by atoms with Crippen molar-refractivity contribution in [2.45, 2.75) is 37.8 Å². The monoisotopic (exact) mass is 211 g/mol. The minimum absolute atomic E-state index is 0.473.